The summed E-state index contributed by atoms with van der Waals surface area (Å²) in [5.41, 5.74) is 4.90. The number of hydrogen-bond donors (Lipinski definition) is 0. The Morgan fingerprint density at radius 3 is 1.93 bits per heavy atom. The van der Waals surface area contributed by atoms with Crippen molar-refractivity contribution in [3.8, 4) is 11.5 Å². The van der Waals surface area contributed by atoms with Crippen molar-refractivity contribution >= 4 is 39.6 Å². The van der Waals surface area contributed by atoms with Crippen molar-refractivity contribution < 1.29 is 14.4 Å². The number of rotatable bonds is 13. The lowest BCUT2D eigenvalue weighted by atomic mass is 10.1. The van der Waals surface area contributed by atoms with Crippen LogP contribution in [0.2, 0.25) is 0 Å². The fourth-order valence-electron chi connectivity index (χ4n) is 5.12. The first-order valence-electron chi connectivity index (χ1n) is 14.3. The molecule has 2 heterocycles. The smallest absolute Gasteiger partial charge is 0.269 e. The number of nitrogens with zero attached hydrogens (tertiary/aromatic N) is 1. The number of hydrogen-bond acceptors (Lipinski definition) is 4. The van der Waals surface area contributed by atoms with E-state index in [9.17, 15) is 10.1 Å². The summed E-state index contributed by atoms with van der Waals surface area (Å²) in [6.07, 6.45) is 10.3. The van der Waals surface area contributed by atoms with Gasteiger partial charge < -0.3 is 9.47 Å². The van der Waals surface area contributed by atoms with E-state index in [0.29, 0.717) is 35.0 Å². The molecule has 0 radical (unpaired) electrons. The van der Waals surface area contributed by atoms with Crippen LogP contribution in [0.3, 0.4) is 0 Å². The molecule has 0 aromatic heterocycles. The molecule has 210 valence electrons. The molecule has 0 atom stereocenters. The molecule has 3 aromatic rings. The molecule has 0 amide bonds. The molecule has 5 nitrogen and oxygen atoms in total. The maximum absolute atomic E-state index is 10.8. The molecule has 0 bridgehead atoms. The molecular weight excluding hydrogens is 539 g/mol. The molecule has 0 aliphatic carbocycles. The van der Waals surface area contributed by atoms with Gasteiger partial charge in [0.25, 0.3) is 5.69 Å². The molecule has 0 saturated carbocycles. The predicted octanol–water partition coefficient (Wildman–Crippen LogP) is 7.44. The summed E-state index contributed by atoms with van der Waals surface area (Å²) < 4.78 is 12.4. The highest BCUT2D eigenvalue weighted by molar-refractivity contribution is 7.96. The third-order valence-electron chi connectivity index (χ3n) is 7.36. The summed E-state index contributed by atoms with van der Waals surface area (Å²) in [6, 6.07) is 21.6. The van der Waals surface area contributed by atoms with Crippen LogP contribution in [0.25, 0.3) is 12.2 Å². The number of ether oxygens (including phenoxy) is 2. The Bertz CT molecular complexity index is 1260. The monoisotopic (exact) mass is 577 g/mol. The van der Waals surface area contributed by atoms with Crippen LogP contribution in [-0.2, 0) is 33.3 Å². The molecule has 2 aliphatic heterocycles. The molecule has 0 unspecified atom stereocenters. The zero-order chi connectivity index (χ0) is 27.6. The maximum atomic E-state index is 10.8. The van der Waals surface area contributed by atoms with Crippen LogP contribution in [-0.4, -0.2) is 41.1 Å². The zero-order valence-electron chi connectivity index (χ0n) is 23.1. The van der Waals surface area contributed by atoms with Gasteiger partial charge in [0.15, 0.2) is 0 Å². The molecule has 0 N–H and O–H groups in total. The Morgan fingerprint density at radius 2 is 1.30 bits per heavy atom. The Balaban J connectivity index is 1.09. The van der Waals surface area contributed by atoms with Gasteiger partial charge in [-0.1, -0.05) is 36.4 Å². The molecule has 0 spiro atoms. The summed E-state index contributed by atoms with van der Waals surface area (Å²) in [6.45, 7) is 1.27. The summed E-state index contributed by atoms with van der Waals surface area (Å²) in [5, 5.41) is 10.8. The minimum absolute atomic E-state index is 0.0991. The topological polar surface area (TPSA) is 61.6 Å². The van der Waals surface area contributed by atoms with E-state index in [1.54, 1.807) is 12.1 Å². The van der Waals surface area contributed by atoms with Gasteiger partial charge in [0, 0.05) is 29.7 Å². The number of nitro groups is 1. The Kier molecular flexibility index (Phi) is 10.5. The second-order valence-electron chi connectivity index (χ2n) is 10.5. The largest absolute Gasteiger partial charge is 0.493 e. The zero-order valence-corrected chi connectivity index (χ0v) is 24.7. The first-order chi connectivity index (χ1) is 19.6. The minimum Gasteiger partial charge on any atom is -0.493 e. The predicted molar refractivity (Wildman–Crippen MR) is 171 cm³/mol. The first-order valence-corrected chi connectivity index (χ1v) is 17.8. The third kappa shape index (κ3) is 8.55. The van der Waals surface area contributed by atoms with E-state index in [4.69, 9.17) is 9.47 Å². The normalized spacial score (nSPS) is 16.1. The Morgan fingerprint density at radius 1 is 0.725 bits per heavy atom. The van der Waals surface area contributed by atoms with Crippen molar-refractivity contribution in [1.82, 2.24) is 0 Å². The average Bonchev–Trinajstić information content (AvgIpc) is 3.68. The lowest BCUT2D eigenvalue weighted by Gasteiger charge is -2.13. The van der Waals surface area contributed by atoms with Crippen molar-refractivity contribution in [2.24, 2.45) is 0 Å². The van der Waals surface area contributed by atoms with Gasteiger partial charge in [-0.15, -0.1) is 0 Å². The molecule has 3 aromatic carbocycles. The van der Waals surface area contributed by atoms with Gasteiger partial charge >= 0.3 is 0 Å². The molecule has 2 fully saturated rings. The van der Waals surface area contributed by atoms with E-state index in [2.05, 4.69) is 18.2 Å². The summed E-state index contributed by atoms with van der Waals surface area (Å²) in [7, 11) is 1.07. The van der Waals surface area contributed by atoms with Gasteiger partial charge in [0.1, 0.15) is 46.0 Å². The van der Waals surface area contributed by atoms with Gasteiger partial charge in [-0.3, -0.25) is 10.1 Å². The van der Waals surface area contributed by atoms with Crippen molar-refractivity contribution in [2.45, 2.75) is 43.6 Å². The minimum atomic E-state index is -0.386. The van der Waals surface area contributed by atoms with Crippen molar-refractivity contribution in [2.75, 3.05) is 36.2 Å². The van der Waals surface area contributed by atoms with Gasteiger partial charge in [-0.2, -0.15) is 0 Å². The van der Waals surface area contributed by atoms with Crippen LogP contribution in [0.5, 0.6) is 11.5 Å². The van der Waals surface area contributed by atoms with Crippen molar-refractivity contribution in [3.05, 3.63) is 99.1 Å². The molecule has 7 heteroatoms. The molecule has 2 aliphatic rings. The average molecular weight is 578 g/mol. The number of non-ortho nitro benzene ring substituents is 1. The van der Waals surface area contributed by atoms with Crippen LogP contribution in [0.15, 0.2) is 66.7 Å². The second kappa shape index (κ2) is 14.6. The van der Waals surface area contributed by atoms with E-state index >= 15 is 0 Å². The Labute approximate surface area is 243 Å². The van der Waals surface area contributed by atoms with Crippen LogP contribution in [0.4, 0.5) is 5.69 Å². The highest BCUT2D eigenvalue weighted by atomic mass is 32.2. The molecular formula is C33H39NO4S2+2. The fraction of sp³-hybridized carbons (Fsp3) is 0.394. The quantitative estimate of drug-likeness (QED) is 0.0697. The van der Waals surface area contributed by atoms with Gasteiger partial charge in [-0.05, 0) is 88.9 Å². The van der Waals surface area contributed by atoms with E-state index < -0.39 is 0 Å². The van der Waals surface area contributed by atoms with E-state index in [1.807, 2.05) is 36.4 Å². The molecule has 40 heavy (non-hydrogen) atoms. The van der Waals surface area contributed by atoms with E-state index in [1.165, 1.54) is 83.5 Å². The second-order valence-corrected chi connectivity index (χ2v) is 15.1. The van der Waals surface area contributed by atoms with E-state index in [-0.39, 0.29) is 10.6 Å². The van der Waals surface area contributed by atoms with Gasteiger partial charge in [0.05, 0.1) is 18.1 Å². The lowest BCUT2D eigenvalue weighted by molar-refractivity contribution is -0.384. The summed E-state index contributed by atoms with van der Waals surface area (Å²) in [4.78, 5) is 10.4. The maximum Gasteiger partial charge on any atom is 0.269 e. The Hall–Kier alpha value is -2.90. The first kappa shape index (κ1) is 28.6. The SMILES string of the molecule is O=[N+]([O-])c1ccc(/C=C/c2ccc(OCCCOc3cc(C[S+]4CCCC4)ccc3C[S+]3CCCC3)cc2)cc1. The van der Waals surface area contributed by atoms with Crippen LogP contribution < -0.4 is 9.47 Å². The summed E-state index contributed by atoms with van der Waals surface area (Å²) in [5.74, 6) is 9.88. The van der Waals surface area contributed by atoms with Crippen molar-refractivity contribution in [1.29, 1.82) is 0 Å². The third-order valence-corrected chi connectivity index (χ3v) is 12.3. The van der Waals surface area contributed by atoms with Gasteiger partial charge in [0.2, 0.25) is 0 Å². The van der Waals surface area contributed by atoms with E-state index in [0.717, 1.165) is 29.0 Å². The van der Waals surface area contributed by atoms with Crippen LogP contribution in [0, 0.1) is 10.1 Å². The highest BCUT2D eigenvalue weighted by Gasteiger charge is 2.27. The van der Waals surface area contributed by atoms with Crippen molar-refractivity contribution in [3.63, 3.8) is 0 Å². The molecule has 5 rings (SSSR count). The van der Waals surface area contributed by atoms with Crippen LogP contribution in [0.1, 0.15) is 54.4 Å². The highest BCUT2D eigenvalue weighted by Crippen LogP contribution is 2.29. The standard InChI is InChI=1S/C33H39NO4S2/c35-34(36)31-14-9-27(10-15-31)6-7-28-11-16-32(17-12-28)37-18-5-19-38-33-24-29(25-39-20-1-2-21-39)8-13-30(33)26-40-22-3-4-23-40/h6-17,24H,1-5,18-23,25-26H2/q+2/b7-6+. The molecule has 2 saturated heterocycles. The van der Waals surface area contributed by atoms with Gasteiger partial charge in [-0.25, -0.2) is 0 Å². The number of nitro benzene ring substituents is 1. The lowest BCUT2D eigenvalue weighted by Crippen LogP contribution is -2.11. The number of benzene rings is 3. The summed E-state index contributed by atoms with van der Waals surface area (Å²) >= 11 is 0. The fourth-order valence-corrected chi connectivity index (χ4v) is 9.89. The van der Waals surface area contributed by atoms with Crippen LogP contribution >= 0.6 is 0 Å².